The number of methoxy groups -OCH3 is 1. The molecule has 2 aromatic rings. The highest BCUT2D eigenvalue weighted by Gasteiger charge is 2.05. The molecule has 23 heavy (non-hydrogen) atoms. The molecule has 0 atom stereocenters. The summed E-state index contributed by atoms with van der Waals surface area (Å²) in [5, 5.41) is 13.6. The molecule has 120 valence electrons. The number of hydrazone groups is 1. The van der Waals surface area contributed by atoms with Crippen LogP contribution in [0.5, 0.6) is 17.2 Å². The van der Waals surface area contributed by atoms with Gasteiger partial charge in [-0.1, -0.05) is 0 Å². The second-order valence-electron chi connectivity index (χ2n) is 4.58. The Bertz CT molecular complexity index is 696. The number of ether oxygens (including phenoxy) is 2. The average molecular weight is 314 g/mol. The molecule has 2 rings (SSSR count). The van der Waals surface area contributed by atoms with Crippen molar-refractivity contribution in [3.8, 4) is 17.2 Å². The van der Waals surface area contributed by atoms with Gasteiger partial charge in [-0.2, -0.15) is 5.10 Å². The van der Waals surface area contributed by atoms with Gasteiger partial charge in [0.15, 0.2) is 0 Å². The number of benzene rings is 2. The molecule has 0 bridgehead atoms. The lowest BCUT2D eigenvalue weighted by atomic mass is 10.2. The van der Waals surface area contributed by atoms with Gasteiger partial charge in [-0.3, -0.25) is 4.79 Å². The van der Waals surface area contributed by atoms with Crippen LogP contribution >= 0.6 is 0 Å². The van der Waals surface area contributed by atoms with E-state index in [2.05, 4.69) is 10.5 Å². The van der Waals surface area contributed by atoms with Crippen LogP contribution in [0.4, 0.5) is 0 Å². The number of carbonyl (C=O) groups is 1. The summed E-state index contributed by atoms with van der Waals surface area (Å²) in [5.41, 5.74) is 3.30. The van der Waals surface area contributed by atoms with Gasteiger partial charge >= 0.3 is 0 Å². The molecule has 0 unspecified atom stereocenters. The van der Waals surface area contributed by atoms with Crippen LogP contribution in [0.15, 0.2) is 47.6 Å². The second kappa shape index (κ2) is 7.84. The Morgan fingerprint density at radius 2 is 1.91 bits per heavy atom. The van der Waals surface area contributed by atoms with Crippen LogP contribution in [0.25, 0.3) is 0 Å². The number of hydrogen-bond donors (Lipinski definition) is 2. The predicted molar refractivity (Wildman–Crippen MR) is 87.3 cm³/mol. The van der Waals surface area contributed by atoms with Gasteiger partial charge in [0.2, 0.25) is 0 Å². The van der Waals surface area contributed by atoms with Crippen LogP contribution in [0.2, 0.25) is 0 Å². The number of aromatic hydroxyl groups is 1. The second-order valence-corrected chi connectivity index (χ2v) is 4.58. The van der Waals surface area contributed by atoms with E-state index in [9.17, 15) is 9.90 Å². The molecule has 6 nitrogen and oxygen atoms in total. The van der Waals surface area contributed by atoms with Gasteiger partial charge in [0, 0.05) is 11.1 Å². The molecule has 6 heteroatoms. The van der Waals surface area contributed by atoms with Crippen molar-refractivity contribution >= 4 is 12.1 Å². The first-order valence-corrected chi connectivity index (χ1v) is 7.07. The molecular formula is C17H18N2O4. The van der Waals surface area contributed by atoms with E-state index in [0.29, 0.717) is 29.2 Å². The Labute approximate surface area is 134 Å². The standard InChI is InChI=1S/C17H18N2O4/c1-3-23-14-6-4-12(5-7-14)17(21)19-18-11-13-10-15(22-2)8-9-16(13)20/h4-11,20H,3H2,1-2H3,(H,19,21)/b18-11+. The summed E-state index contributed by atoms with van der Waals surface area (Å²) in [5.74, 6) is 0.979. The number of nitrogens with zero attached hydrogens (tertiary/aromatic N) is 1. The molecule has 0 heterocycles. The zero-order valence-electron chi connectivity index (χ0n) is 12.9. The molecule has 0 saturated carbocycles. The van der Waals surface area contributed by atoms with Crippen molar-refractivity contribution in [2.75, 3.05) is 13.7 Å². The van der Waals surface area contributed by atoms with Crippen molar-refractivity contribution in [2.45, 2.75) is 6.92 Å². The minimum atomic E-state index is -0.355. The topological polar surface area (TPSA) is 80.2 Å². The summed E-state index contributed by atoms with van der Waals surface area (Å²) in [6, 6.07) is 11.5. The summed E-state index contributed by atoms with van der Waals surface area (Å²) in [6.07, 6.45) is 1.35. The maximum atomic E-state index is 12.0. The Morgan fingerprint density at radius 3 is 2.57 bits per heavy atom. The molecule has 0 fully saturated rings. The van der Waals surface area contributed by atoms with Gasteiger partial charge in [-0.25, -0.2) is 5.43 Å². The fourth-order valence-corrected chi connectivity index (χ4v) is 1.86. The van der Waals surface area contributed by atoms with Crippen LogP contribution in [0, 0.1) is 0 Å². The normalized spacial score (nSPS) is 10.5. The third-order valence-corrected chi connectivity index (χ3v) is 3.03. The first-order valence-electron chi connectivity index (χ1n) is 7.07. The molecule has 0 saturated heterocycles. The molecule has 0 spiro atoms. The molecule has 2 aromatic carbocycles. The minimum Gasteiger partial charge on any atom is -0.507 e. The van der Waals surface area contributed by atoms with Crippen molar-refractivity contribution in [1.29, 1.82) is 0 Å². The minimum absolute atomic E-state index is 0.0462. The highest BCUT2D eigenvalue weighted by atomic mass is 16.5. The predicted octanol–water partition coefficient (Wildman–Crippen LogP) is 2.56. The quantitative estimate of drug-likeness (QED) is 0.634. The molecular weight excluding hydrogens is 296 g/mol. The maximum absolute atomic E-state index is 12.0. The van der Waals surface area contributed by atoms with E-state index in [1.165, 1.54) is 19.4 Å². The number of amides is 1. The summed E-state index contributed by atoms with van der Waals surface area (Å²) < 4.78 is 10.4. The number of rotatable bonds is 6. The summed E-state index contributed by atoms with van der Waals surface area (Å²) in [7, 11) is 1.53. The summed E-state index contributed by atoms with van der Waals surface area (Å²) in [4.78, 5) is 12.0. The number of phenolic OH excluding ortho intramolecular Hbond substituents is 1. The smallest absolute Gasteiger partial charge is 0.271 e. The van der Waals surface area contributed by atoms with Crippen molar-refractivity contribution in [2.24, 2.45) is 5.10 Å². The number of phenols is 1. The molecule has 0 aliphatic carbocycles. The number of carbonyl (C=O) groups excluding carboxylic acids is 1. The highest BCUT2D eigenvalue weighted by molar-refractivity contribution is 5.95. The van der Waals surface area contributed by atoms with E-state index < -0.39 is 0 Å². The lowest BCUT2D eigenvalue weighted by molar-refractivity contribution is 0.0955. The van der Waals surface area contributed by atoms with Gasteiger partial charge in [-0.05, 0) is 49.4 Å². The zero-order valence-corrected chi connectivity index (χ0v) is 12.9. The van der Waals surface area contributed by atoms with E-state index in [1.807, 2.05) is 6.92 Å². The van der Waals surface area contributed by atoms with Gasteiger partial charge in [0.1, 0.15) is 17.2 Å². The van der Waals surface area contributed by atoms with Crippen LogP contribution in [0.1, 0.15) is 22.8 Å². The number of nitrogens with one attached hydrogen (secondary N) is 1. The summed E-state index contributed by atoms with van der Waals surface area (Å²) >= 11 is 0. The lowest BCUT2D eigenvalue weighted by Gasteiger charge is -2.04. The Morgan fingerprint density at radius 1 is 1.22 bits per heavy atom. The van der Waals surface area contributed by atoms with Crippen molar-refractivity contribution in [3.63, 3.8) is 0 Å². The molecule has 0 radical (unpaired) electrons. The molecule has 1 amide bonds. The average Bonchev–Trinajstić information content (AvgIpc) is 2.57. The molecule has 2 N–H and O–H groups in total. The van der Waals surface area contributed by atoms with Crippen LogP contribution in [0.3, 0.4) is 0 Å². The fraction of sp³-hybridized carbons (Fsp3) is 0.176. The van der Waals surface area contributed by atoms with E-state index in [1.54, 1.807) is 36.4 Å². The Kier molecular flexibility index (Phi) is 5.57. The van der Waals surface area contributed by atoms with Crippen LogP contribution < -0.4 is 14.9 Å². The molecule has 0 aromatic heterocycles. The zero-order chi connectivity index (χ0) is 16.7. The number of hydrogen-bond acceptors (Lipinski definition) is 5. The highest BCUT2D eigenvalue weighted by Crippen LogP contribution is 2.21. The van der Waals surface area contributed by atoms with E-state index in [4.69, 9.17) is 9.47 Å². The Balaban J connectivity index is 2.00. The first-order chi connectivity index (χ1) is 11.1. The van der Waals surface area contributed by atoms with Gasteiger partial charge in [0.25, 0.3) is 5.91 Å². The fourth-order valence-electron chi connectivity index (χ4n) is 1.86. The van der Waals surface area contributed by atoms with Crippen LogP contribution in [-0.4, -0.2) is 30.9 Å². The van der Waals surface area contributed by atoms with Gasteiger partial charge in [-0.15, -0.1) is 0 Å². The monoisotopic (exact) mass is 314 g/mol. The Hall–Kier alpha value is -3.02. The van der Waals surface area contributed by atoms with E-state index in [-0.39, 0.29) is 11.7 Å². The van der Waals surface area contributed by atoms with Crippen molar-refractivity contribution in [3.05, 3.63) is 53.6 Å². The van der Waals surface area contributed by atoms with E-state index >= 15 is 0 Å². The molecule has 0 aliphatic rings. The third-order valence-electron chi connectivity index (χ3n) is 3.03. The first kappa shape index (κ1) is 16.4. The molecule has 0 aliphatic heterocycles. The summed E-state index contributed by atoms with van der Waals surface area (Å²) in [6.45, 7) is 2.46. The van der Waals surface area contributed by atoms with Gasteiger partial charge < -0.3 is 14.6 Å². The SMILES string of the molecule is CCOc1ccc(C(=O)N/N=C/c2cc(OC)ccc2O)cc1. The maximum Gasteiger partial charge on any atom is 0.271 e. The van der Waals surface area contributed by atoms with Crippen LogP contribution in [-0.2, 0) is 0 Å². The lowest BCUT2D eigenvalue weighted by Crippen LogP contribution is -2.17. The van der Waals surface area contributed by atoms with Gasteiger partial charge in [0.05, 0.1) is 19.9 Å². The van der Waals surface area contributed by atoms with E-state index in [0.717, 1.165) is 0 Å². The third kappa shape index (κ3) is 4.47. The van der Waals surface area contributed by atoms with Crippen molar-refractivity contribution < 1.29 is 19.4 Å². The van der Waals surface area contributed by atoms with Crippen molar-refractivity contribution in [1.82, 2.24) is 5.43 Å². The largest absolute Gasteiger partial charge is 0.507 e.